The van der Waals surface area contributed by atoms with Crippen LogP contribution in [0, 0.1) is 0 Å². The maximum Gasteiger partial charge on any atom is 0.406 e. The first-order valence-corrected chi connectivity index (χ1v) is 10.2. The third-order valence-electron chi connectivity index (χ3n) is 3.33. The molecule has 0 amide bonds. The summed E-state index contributed by atoms with van der Waals surface area (Å²) >= 11 is 0. The van der Waals surface area contributed by atoms with E-state index >= 15 is 0 Å². The molecule has 27 heavy (non-hydrogen) atoms. The normalized spacial score (nSPS) is 12.0. The van der Waals surface area contributed by atoms with E-state index in [1.807, 2.05) is 60.7 Å². The first-order chi connectivity index (χ1) is 12.8. The molecule has 0 aliphatic heterocycles. The van der Waals surface area contributed by atoms with Crippen LogP contribution in [0.2, 0.25) is 0 Å². The number of hydrogen-bond acceptors (Lipinski definition) is 5. The Bertz CT molecular complexity index is 711. The molecule has 0 fully saturated rings. The third kappa shape index (κ3) is 8.50. The summed E-state index contributed by atoms with van der Waals surface area (Å²) in [6, 6.07) is 18.7. The molecule has 0 unspecified atom stereocenters. The summed E-state index contributed by atoms with van der Waals surface area (Å²) in [6.07, 6.45) is 0. The van der Waals surface area contributed by atoms with Crippen LogP contribution >= 0.6 is 7.75 Å². The van der Waals surface area contributed by atoms with Gasteiger partial charge in [-0.1, -0.05) is 60.7 Å². The summed E-state index contributed by atoms with van der Waals surface area (Å²) in [4.78, 5) is 11.9. The van der Waals surface area contributed by atoms with Gasteiger partial charge in [0.25, 0.3) is 0 Å². The Balaban J connectivity index is 1.99. The third-order valence-corrected chi connectivity index (χ3v) is 4.81. The van der Waals surface area contributed by atoms with Gasteiger partial charge in [-0.05, 0) is 31.9 Å². The second-order valence-corrected chi connectivity index (χ2v) is 8.76. The van der Waals surface area contributed by atoms with E-state index in [1.165, 1.54) is 0 Å². The lowest BCUT2D eigenvalue weighted by molar-refractivity contribution is -0.153. The number of benzene rings is 2. The quantitative estimate of drug-likeness (QED) is 0.503. The molecule has 6 nitrogen and oxygen atoms in total. The van der Waals surface area contributed by atoms with Crippen molar-refractivity contribution in [2.45, 2.75) is 39.6 Å². The van der Waals surface area contributed by atoms with Crippen molar-refractivity contribution in [3.63, 3.8) is 0 Å². The Labute approximate surface area is 160 Å². The molecule has 0 aliphatic carbocycles. The molecular formula is C20H26NO5P. The van der Waals surface area contributed by atoms with Crippen LogP contribution in [-0.4, -0.2) is 18.1 Å². The van der Waals surface area contributed by atoms with E-state index in [2.05, 4.69) is 5.09 Å². The van der Waals surface area contributed by atoms with Gasteiger partial charge in [0.1, 0.15) is 12.1 Å². The molecule has 0 radical (unpaired) electrons. The van der Waals surface area contributed by atoms with Gasteiger partial charge in [-0.3, -0.25) is 13.8 Å². The molecule has 0 bridgehead atoms. The van der Waals surface area contributed by atoms with Crippen molar-refractivity contribution in [3.05, 3.63) is 71.8 Å². The predicted octanol–water partition coefficient (Wildman–Crippen LogP) is 4.46. The van der Waals surface area contributed by atoms with Crippen molar-refractivity contribution in [3.8, 4) is 0 Å². The molecule has 0 saturated heterocycles. The molecule has 146 valence electrons. The van der Waals surface area contributed by atoms with Gasteiger partial charge >= 0.3 is 13.7 Å². The number of hydrogen-bond donors (Lipinski definition) is 1. The number of carbonyl (C=O) groups is 1. The standard InChI is InChI=1S/C20H26NO5P/c1-20(2,3)26-19(22)14-21-27(23,24-15-17-10-6-4-7-11-17)25-16-18-12-8-5-9-13-18/h4-13H,14-16H2,1-3H3,(H,21,23). The van der Waals surface area contributed by atoms with E-state index in [-0.39, 0.29) is 19.8 Å². The highest BCUT2D eigenvalue weighted by Crippen LogP contribution is 2.45. The van der Waals surface area contributed by atoms with E-state index in [4.69, 9.17) is 13.8 Å². The SMILES string of the molecule is CC(C)(C)OC(=O)CNP(=O)(OCc1ccccc1)OCc1ccccc1. The van der Waals surface area contributed by atoms with Crippen molar-refractivity contribution < 1.29 is 23.1 Å². The minimum absolute atomic E-state index is 0.0915. The topological polar surface area (TPSA) is 73.9 Å². The van der Waals surface area contributed by atoms with E-state index in [9.17, 15) is 9.36 Å². The molecule has 1 N–H and O–H groups in total. The summed E-state index contributed by atoms with van der Waals surface area (Å²) in [5.41, 5.74) is 1.07. The lowest BCUT2D eigenvalue weighted by atomic mass is 10.2. The van der Waals surface area contributed by atoms with Crippen molar-refractivity contribution in [2.24, 2.45) is 0 Å². The fourth-order valence-electron chi connectivity index (χ4n) is 2.14. The minimum Gasteiger partial charge on any atom is -0.459 e. The number of rotatable bonds is 9. The van der Waals surface area contributed by atoms with Crippen molar-refractivity contribution in [2.75, 3.05) is 6.54 Å². The van der Waals surface area contributed by atoms with E-state index in [0.717, 1.165) is 11.1 Å². The fourth-order valence-corrected chi connectivity index (χ4v) is 3.35. The van der Waals surface area contributed by atoms with E-state index < -0.39 is 19.3 Å². The van der Waals surface area contributed by atoms with Gasteiger partial charge in [0, 0.05) is 0 Å². The Hall–Kier alpha value is -1.98. The Morgan fingerprint density at radius 1 is 0.889 bits per heavy atom. The van der Waals surface area contributed by atoms with Crippen LogP contribution in [0.5, 0.6) is 0 Å². The summed E-state index contributed by atoms with van der Waals surface area (Å²) in [6.45, 7) is 5.20. The lowest BCUT2D eigenvalue weighted by Crippen LogP contribution is -2.31. The smallest absolute Gasteiger partial charge is 0.406 e. The van der Waals surface area contributed by atoms with Gasteiger partial charge in [0.15, 0.2) is 0 Å². The molecule has 0 atom stereocenters. The molecule has 0 heterocycles. The van der Waals surface area contributed by atoms with Crippen molar-refractivity contribution in [1.82, 2.24) is 5.09 Å². The number of carbonyl (C=O) groups excluding carboxylic acids is 1. The Morgan fingerprint density at radius 2 is 1.33 bits per heavy atom. The van der Waals surface area contributed by atoms with Crippen LogP contribution in [0.15, 0.2) is 60.7 Å². The molecule has 2 aromatic rings. The second kappa shape index (κ2) is 9.81. The Kier molecular flexibility index (Phi) is 7.75. The van der Waals surface area contributed by atoms with Gasteiger partial charge < -0.3 is 4.74 Å². The molecule has 0 aromatic heterocycles. The summed E-state index contributed by atoms with van der Waals surface area (Å²) in [7, 11) is -3.72. The minimum atomic E-state index is -3.72. The Morgan fingerprint density at radius 3 is 1.74 bits per heavy atom. The van der Waals surface area contributed by atoms with Crippen LogP contribution in [0.25, 0.3) is 0 Å². The predicted molar refractivity (Wildman–Crippen MR) is 104 cm³/mol. The molecule has 0 aliphatic rings. The van der Waals surface area contributed by atoms with Gasteiger partial charge in [-0.25, -0.2) is 9.65 Å². The lowest BCUT2D eigenvalue weighted by Gasteiger charge is -2.22. The average Bonchev–Trinajstić information content (AvgIpc) is 2.64. The first kappa shape index (κ1) is 21.3. The molecular weight excluding hydrogens is 365 g/mol. The van der Waals surface area contributed by atoms with Crippen LogP contribution in [0.4, 0.5) is 0 Å². The summed E-state index contributed by atoms with van der Waals surface area (Å²) in [5, 5.41) is 2.60. The zero-order chi connectivity index (χ0) is 19.8. The highest BCUT2D eigenvalue weighted by atomic mass is 31.2. The maximum atomic E-state index is 13.1. The second-order valence-electron chi connectivity index (χ2n) is 6.94. The number of ether oxygens (including phenoxy) is 1. The van der Waals surface area contributed by atoms with Gasteiger partial charge in [0.05, 0.1) is 13.2 Å². The average molecular weight is 391 g/mol. The highest BCUT2D eigenvalue weighted by molar-refractivity contribution is 7.51. The molecule has 2 rings (SSSR count). The monoisotopic (exact) mass is 391 g/mol. The molecule has 7 heteroatoms. The van der Waals surface area contributed by atoms with Gasteiger partial charge in [-0.2, -0.15) is 0 Å². The van der Waals surface area contributed by atoms with Crippen LogP contribution in [0.1, 0.15) is 31.9 Å². The highest BCUT2D eigenvalue weighted by Gasteiger charge is 2.27. The van der Waals surface area contributed by atoms with Crippen molar-refractivity contribution in [1.29, 1.82) is 0 Å². The maximum absolute atomic E-state index is 13.1. The zero-order valence-electron chi connectivity index (χ0n) is 15.9. The van der Waals surface area contributed by atoms with E-state index in [1.54, 1.807) is 20.8 Å². The largest absolute Gasteiger partial charge is 0.459 e. The van der Waals surface area contributed by atoms with Gasteiger partial charge in [-0.15, -0.1) is 0 Å². The number of nitrogens with one attached hydrogen (secondary N) is 1. The zero-order valence-corrected chi connectivity index (χ0v) is 16.8. The van der Waals surface area contributed by atoms with Gasteiger partial charge in [0.2, 0.25) is 0 Å². The molecule has 0 saturated carbocycles. The van der Waals surface area contributed by atoms with Crippen LogP contribution < -0.4 is 5.09 Å². The van der Waals surface area contributed by atoms with Crippen LogP contribution in [0.3, 0.4) is 0 Å². The first-order valence-electron chi connectivity index (χ1n) is 8.70. The summed E-state index contributed by atoms with van der Waals surface area (Å²) < 4.78 is 29.4. The fraction of sp³-hybridized carbons (Fsp3) is 0.350. The molecule has 0 spiro atoms. The summed E-state index contributed by atoms with van der Waals surface area (Å²) in [5.74, 6) is -0.533. The number of esters is 1. The van der Waals surface area contributed by atoms with Crippen molar-refractivity contribution >= 4 is 13.7 Å². The van der Waals surface area contributed by atoms with Crippen LogP contribution in [-0.2, 0) is 36.4 Å². The molecule has 2 aromatic carbocycles. The van der Waals surface area contributed by atoms with E-state index in [0.29, 0.717) is 0 Å².